The second-order valence-electron chi connectivity index (χ2n) is 1.70. The van der Waals surface area contributed by atoms with Crippen molar-refractivity contribution in [2.24, 2.45) is 0 Å². The quantitative estimate of drug-likeness (QED) is 0.611. The van der Waals surface area contributed by atoms with Crippen LogP contribution >= 0.6 is 0 Å². The van der Waals surface area contributed by atoms with Crippen LogP contribution < -0.4 is 4.74 Å². The van der Waals surface area contributed by atoms with Crippen LogP contribution in [0.4, 0.5) is 0 Å². The number of benzene rings is 1. The van der Waals surface area contributed by atoms with E-state index in [1.807, 2.05) is 0 Å². The Bertz CT molecular complexity index is 191. The summed E-state index contributed by atoms with van der Waals surface area (Å²) < 4.78 is 4.86. The zero-order chi connectivity index (χ0) is 6.69. The number of hydrogen-bond donors (Lipinski definition) is 1. The first-order valence-corrected chi connectivity index (χ1v) is 2.66. The van der Waals surface area contributed by atoms with Crippen molar-refractivity contribution in [3.05, 3.63) is 24.3 Å². The van der Waals surface area contributed by atoms with Crippen molar-refractivity contribution in [2.75, 3.05) is 7.11 Å². The van der Waals surface area contributed by atoms with Crippen LogP contribution in [0.25, 0.3) is 0 Å². The van der Waals surface area contributed by atoms with Crippen molar-refractivity contribution in [1.82, 2.24) is 0 Å². The van der Waals surface area contributed by atoms with Gasteiger partial charge in [-0.15, -0.1) is 0 Å². The molecule has 0 heterocycles. The van der Waals surface area contributed by atoms with E-state index in [0.29, 0.717) is 0 Å². The van der Waals surface area contributed by atoms with Crippen molar-refractivity contribution >= 4 is 23.1 Å². The van der Waals surface area contributed by atoms with Crippen molar-refractivity contribution in [3.8, 4) is 11.5 Å². The predicted molar refractivity (Wildman–Crippen MR) is 42.6 cm³/mol. The second kappa shape index (κ2) is 4.41. The Morgan fingerprint density at radius 1 is 1.30 bits per heavy atom. The number of rotatable bonds is 1. The van der Waals surface area contributed by atoms with Gasteiger partial charge in [0.2, 0.25) is 0 Å². The van der Waals surface area contributed by atoms with Gasteiger partial charge in [0, 0.05) is 0 Å². The van der Waals surface area contributed by atoms with E-state index in [0.717, 1.165) is 5.75 Å². The van der Waals surface area contributed by atoms with E-state index < -0.39 is 0 Å². The average molecular weight is 150 g/mol. The van der Waals surface area contributed by atoms with Gasteiger partial charge in [-0.25, -0.2) is 0 Å². The molecule has 1 aromatic rings. The maximum atomic E-state index is 8.80. The molecule has 0 radical (unpaired) electrons. The van der Waals surface area contributed by atoms with Gasteiger partial charge in [0.15, 0.2) is 0 Å². The molecule has 0 aliphatic heterocycles. The molecule has 0 fully saturated rings. The van der Waals surface area contributed by atoms with Crippen LogP contribution in [-0.4, -0.2) is 35.3 Å². The summed E-state index contributed by atoms with van der Waals surface area (Å²) in [5.74, 6) is 1.02. The van der Waals surface area contributed by atoms with E-state index in [-0.39, 0.29) is 31.7 Å². The molecular weight excluding hydrogens is 140 g/mol. The molecule has 0 spiro atoms. The average Bonchev–Trinajstić information content (AvgIpc) is 1.90. The smallest absolute Gasteiger partial charge is 1.00 e. The number of phenolic OH excluding ortho intramolecular Hbond substituents is 1. The Balaban J connectivity index is -0.000000270. The Morgan fingerprint density at radius 2 is 1.80 bits per heavy atom. The summed E-state index contributed by atoms with van der Waals surface area (Å²) in [4.78, 5) is 0. The van der Waals surface area contributed by atoms with Crippen molar-refractivity contribution in [3.63, 3.8) is 0 Å². The first kappa shape index (κ1) is 9.59. The van der Waals surface area contributed by atoms with Gasteiger partial charge in [-0.2, -0.15) is 0 Å². The summed E-state index contributed by atoms with van der Waals surface area (Å²) in [7, 11) is 1.59. The van der Waals surface area contributed by atoms with Gasteiger partial charge in [0.25, 0.3) is 0 Å². The zero-order valence-corrected chi connectivity index (χ0v) is 7.29. The minimum atomic E-state index is 0. The molecule has 0 atom stereocenters. The molecule has 2 nitrogen and oxygen atoms in total. The van der Waals surface area contributed by atoms with Crippen molar-refractivity contribution in [2.45, 2.75) is 0 Å². The first-order valence-electron chi connectivity index (χ1n) is 2.66. The Kier molecular flexibility index (Phi) is 4.23. The molecule has 0 aromatic heterocycles. The molecule has 0 amide bonds. The van der Waals surface area contributed by atoms with Crippen LogP contribution in [0.15, 0.2) is 24.3 Å². The van der Waals surface area contributed by atoms with Gasteiger partial charge in [-0.3, -0.25) is 0 Å². The molecule has 0 bridgehead atoms. The van der Waals surface area contributed by atoms with Gasteiger partial charge in [0.05, 0.1) is 7.11 Å². The van der Waals surface area contributed by atoms with Crippen LogP contribution in [-0.2, 0) is 0 Å². The standard InChI is InChI=1S/C7H8O2.Mg.2H/c1-9-7-4-2-6(8)3-5-7;;;/h2-5,8H,1H3;;;/q;+2;2*-1. The summed E-state index contributed by atoms with van der Waals surface area (Å²) >= 11 is 0. The minimum Gasteiger partial charge on any atom is -1.00 e. The Morgan fingerprint density at radius 3 is 2.20 bits per heavy atom. The fourth-order valence-corrected chi connectivity index (χ4v) is 0.582. The minimum absolute atomic E-state index is 0. The number of methoxy groups -OCH3 is 1. The van der Waals surface area contributed by atoms with Crippen molar-refractivity contribution in [1.29, 1.82) is 0 Å². The number of aromatic hydroxyl groups is 1. The van der Waals surface area contributed by atoms with Gasteiger partial charge in [-0.1, -0.05) is 0 Å². The first-order chi connectivity index (χ1) is 4.33. The van der Waals surface area contributed by atoms with Gasteiger partial charge >= 0.3 is 23.1 Å². The zero-order valence-electron chi connectivity index (χ0n) is 7.87. The normalized spacial score (nSPS) is 8.10. The summed E-state index contributed by atoms with van der Waals surface area (Å²) in [6.45, 7) is 0. The Hall–Kier alpha value is -0.414. The summed E-state index contributed by atoms with van der Waals surface area (Å²) in [5.41, 5.74) is 0. The SMILES string of the molecule is COc1ccc(O)cc1.[H-].[H-].[Mg+2]. The molecule has 3 heteroatoms. The van der Waals surface area contributed by atoms with Gasteiger partial charge in [-0.05, 0) is 24.3 Å². The second-order valence-corrected chi connectivity index (χ2v) is 1.70. The van der Waals surface area contributed by atoms with E-state index in [1.165, 1.54) is 0 Å². The largest absolute Gasteiger partial charge is 2.00 e. The van der Waals surface area contributed by atoms with Crippen molar-refractivity contribution < 1.29 is 12.7 Å². The fourth-order valence-electron chi connectivity index (χ4n) is 0.582. The van der Waals surface area contributed by atoms with E-state index >= 15 is 0 Å². The molecule has 0 saturated heterocycles. The predicted octanol–water partition coefficient (Wildman–Crippen LogP) is 1.24. The van der Waals surface area contributed by atoms with E-state index in [2.05, 4.69) is 0 Å². The van der Waals surface area contributed by atoms with Crippen LogP contribution in [0, 0.1) is 0 Å². The van der Waals surface area contributed by atoms with Crippen LogP contribution in [0.1, 0.15) is 2.85 Å². The van der Waals surface area contributed by atoms with Gasteiger partial charge < -0.3 is 12.7 Å². The maximum Gasteiger partial charge on any atom is 2.00 e. The molecule has 1 rings (SSSR count). The van der Waals surface area contributed by atoms with Crippen LogP contribution in [0.2, 0.25) is 0 Å². The summed E-state index contributed by atoms with van der Waals surface area (Å²) in [6, 6.07) is 6.57. The number of phenols is 1. The van der Waals surface area contributed by atoms with E-state index in [4.69, 9.17) is 9.84 Å². The van der Waals surface area contributed by atoms with E-state index in [1.54, 1.807) is 31.4 Å². The van der Waals surface area contributed by atoms with Crippen LogP contribution in [0.3, 0.4) is 0 Å². The summed E-state index contributed by atoms with van der Waals surface area (Å²) in [6.07, 6.45) is 0. The molecule has 10 heavy (non-hydrogen) atoms. The van der Waals surface area contributed by atoms with Gasteiger partial charge in [0.1, 0.15) is 11.5 Å². The Labute approximate surface area is 78.9 Å². The topological polar surface area (TPSA) is 29.5 Å². The molecule has 0 aliphatic rings. The fraction of sp³-hybridized carbons (Fsp3) is 0.143. The molecule has 0 unspecified atom stereocenters. The third-order valence-electron chi connectivity index (χ3n) is 1.07. The van der Waals surface area contributed by atoms with Crippen LogP contribution in [0.5, 0.6) is 11.5 Å². The number of ether oxygens (including phenoxy) is 1. The monoisotopic (exact) mass is 150 g/mol. The third kappa shape index (κ3) is 2.45. The molecular formula is C7H10MgO2. The van der Waals surface area contributed by atoms with E-state index in [9.17, 15) is 0 Å². The maximum absolute atomic E-state index is 8.80. The molecule has 0 aliphatic carbocycles. The third-order valence-corrected chi connectivity index (χ3v) is 1.07. The molecule has 52 valence electrons. The number of hydrogen-bond acceptors (Lipinski definition) is 2. The molecule has 0 saturated carbocycles. The molecule has 1 N–H and O–H groups in total. The summed E-state index contributed by atoms with van der Waals surface area (Å²) in [5, 5.41) is 8.80. The molecule has 1 aromatic carbocycles.